The number of methoxy groups -OCH3 is 1. The maximum Gasteiger partial charge on any atom is 0.320 e. The third-order valence-electron chi connectivity index (χ3n) is 1.68. The number of aromatic nitrogens is 1. The topological polar surface area (TPSA) is 76.4 Å². The molecular weight excluding hydrogens is 198 g/mol. The van der Waals surface area contributed by atoms with E-state index in [4.69, 9.17) is 9.26 Å². The lowest BCUT2D eigenvalue weighted by Gasteiger charge is -2.03. The first-order chi connectivity index (χ1) is 7.22. The Hall–Kier alpha value is -1.56. The lowest BCUT2D eigenvalue weighted by atomic mass is 10.4. The minimum Gasteiger partial charge on any atom is -0.385 e. The fourth-order valence-electron chi connectivity index (χ4n) is 1.00. The predicted octanol–water partition coefficient (Wildman–Crippen LogP) is 1.14. The SMILES string of the molecule is COCCCNC(=O)Nc1cc(C)on1. The molecule has 0 radical (unpaired) electrons. The average Bonchev–Trinajstić information content (AvgIpc) is 2.59. The van der Waals surface area contributed by atoms with Crippen molar-refractivity contribution in [3.63, 3.8) is 0 Å². The van der Waals surface area contributed by atoms with Crippen LogP contribution in [0.2, 0.25) is 0 Å². The number of urea groups is 1. The molecular formula is C9H15N3O3. The number of hydrogen-bond donors (Lipinski definition) is 2. The summed E-state index contributed by atoms with van der Waals surface area (Å²) in [6, 6.07) is 1.36. The van der Waals surface area contributed by atoms with Crippen LogP contribution in [0, 0.1) is 6.92 Å². The zero-order valence-electron chi connectivity index (χ0n) is 8.87. The molecule has 0 aliphatic rings. The van der Waals surface area contributed by atoms with Crippen molar-refractivity contribution in [1.29, 1.82) is 0 Å². The normalized spacial score (nSPS) is 10.0. The molecule has 0 fully saturated rings. The minimum absolute atomic E-state index is 0.292. The Labute approximate surface area is 88.0 Å². The summed E-state index contributed by atoms with van der Waals surface area (Å²) in [5, 5.41) is 8.84. The number of amides is 2. The van der Waals surface area contributed by atoms with Crippen molar-refractivity contribution in [2.75, 3.05) is 25.6 Å². The highest BCUT2D eigenvalue weighted by atomic mass is 16.5. The van der Waals surface area contributed by atoms with Crippen molar-refractivity contribution in [2.45, 2.75) is 13.3 Å². The van der Waals surface area contributed by atoms with E-state index in [9.17, 15) is 4.79 Å². The van der Waals surface area contributed by atoms with E-state index in [0.717, 1.165) is 6.42 Å². The molecule has 84 valence electrons. The zero-order valence-corrected chi connectivity index (χ0v) is 8.87. The molecule has 2 N–H and O–H groups in total. The fraction of sp³-hybridized carbons (Fsp3) is 0.556. The minimum atomic E-state index is -0.292. The van der Waals surface area contributed by atoms with Gasteiger partial charge in [0.25, 0.3) is 0 Å². The number of anilines is 1. The molecule has 0 aromatic carbocycles. The summed E-state index contributed by atoms with van der Waals surface area (Å²) in [4.78, 5) is 11.2. The van der Waals surface area contributed by atoms with Gasteiger partial charge in [-0.15, -0.1) is 0 Å². The molecule has 0 bridgehead atoms. The van der Waals surface area contributed by atoms with Crippen molar-refractivity contribution in [3.05, 3.63) is 11.8 Å². The van der Waals surface area contributed by atoms with E-state index in [-0.39, 0.29) is 6.03 Å². The van der Waals surface area contributed by atoms with Crippen molar-refractivity contribution < 1.29 is 14.1 Å². The number of nitrogens with zero attached hydrogens (tertiary/aromatic N) is 1. The van der Waals surface area contributed by atoms with E-state index >= 15 is 0 Å². The molecule has 0 aliphatic heterocycles. The van der Waals surface area contributed by atoms with Crippen LogP contribution >= 0.6 is 0 Å². The van der Waals surface area contributed by atoms with Crippen LogP contribution in [0.1, 0.15) is 12.2 Å². The predicted molar refractivity (Wildman–Crippen MR) is 54.8 cm³/mol. The van der Waals surface area contributed by atoms with Crippen LogP contribution in [0.3, 0.4) is 0 Å². The summed E-state index contributed by atoms with van der Waals surface area (Å²) in [5.74, 6) is 1.07. The Morgan fingerprint density at radius 2 is 2.47 bits per heavy atom. The number of carbonyl (C=O) groups is 1. The number of hydrogen-bond acceptors (Lipinski definition) is 4. The molecule has 1 rings (SSSR count). The summed E-state index contributed by atoms with van der Waals surface area (Å²) in [7, 11) is 1.62. The van der Waals surface area contributed by atoms with Gasteiger partial charge in [-0.2, -0.15) is 0 Å². The van der Waals surface area contributed by atoms with E-state index in [1.54, 1.807) is 20.1 Å². The third kappa shape index (κ3) is 4.46. The first kappa shape index (κ1) is 11.5. The monoisotopic (exact) mass is 213 g/mol. The van der Waals surface area contributed by atoms with Gasteiger partial charge in [0.2, 0.25) is 0 Å². The maximum absolute atomic E-state index is 11.2. The Balaban J connectivity index is 2.18. The van der Waals surface area contributed by atoms with Crippen LogP contribution in [-0.4, -0.2) is 31.4 Å². The standard InChI is InChI=1S/C9H15N3O3/c1-7-6-8(12-15-7)11-9(13)10-4-3-5-14-2/h6H,3-5H2,1-2H3,(H2,10,11,12,13). The van der Waals surface area contributed by atoms with Gasteiger partial charge in [0.1, 0.15) is 5.76 Å². The quantitative estimate of drug-likeness (QED) is 0.719. The molecule has 0 unspecified atom stereocenters. The fourth-order valence-corrected chi connectivity index (χ4v) is 1.00. The van der Waals surface area contributed by atoms with E-state index in [0.29, 0.717) is 24.7 Å². The molecule has 2 amide bonds. The molecule has 1 aromatic rings. The van der Waals surface area contributed by atoms with Crippen molar-refractivity contribution in [1.82, 2.24) is 10.5 Å². The molecule has 0 saturated heterocycles. The molecule has 1 heterocycles. The first-order valence-electron chi connectivity index (χ1n) is 4.69. The van der Waals surface area contributed by atoms with E-state index in [1.807, 2.05) is 0 Å². The molecule has 6 nitrogen and oxygen atoms in total. The average molecular weight is 213 g/mol. The van der Waals surface area contributed by atoms with Crippen LogP contribution in [0.4, 0.5) is 10.6 Å². The molecule has 1 aromatic heterocycles. The number of carbonyl (C=O) groups excluding carboxylic acids is 1. The summed E-state index contributed by atoms with van der Waals surface area (Å²) in [6.07, 6.45) is 0.780. The lowest BCUT2D eigenvalue weighted by Crippen LogP contribution is -2.30. The van der Waals surface area contributed by atoms with Crippen molar-refractivity contribution in [3.8, 4) is 0 Å². The highest BCUT2D eigenvalue weighted by Gasteiger charge is 2.04. The maximum atomic E-state index is 11.2. The Morgan fingerprint density at radius 1 is 1.67 bits per heavy atom. The Bertz CT molecular complexity index is 311. The van der Waals surface area contributed by atoms with Crippen LogP contribution in [0.25, 0.3) is 0 Å². The Kier molecular flexibility index (Phi) is 4.62. The van der Waals surface area contributed by atoms with Gasteiger partial charge in [0.05, 0.1) is 0 Å². The highest BCUT2D eigenvalue weighted by molar-refractivity contribution is 5.88. The van der Waals surface area contributed by atoms with Gasteiger partial charge in [-0.25, -0.2) is 4.79 Å². The molecule has 0 atom stereocenters. The first-order valence-corrected chi connectivity index (χ1v) is 4.69. The van der Waals surface area contributed by atoms with Crippen molar-refractivity contribution >= 4 is 11.8 Å². The number of nitrogens with one attached hydrogen (secondary N) is 2. The third-order valence-corrected chi connectivity index (χ3v) is 1.68. The van der Waals surface area contributed by atoms with Gasteiger partial charge in [-0.1, -0.05) is 5.16 Å². The van der Waals surface area contributed by atoms with Crippen LogP contribution in [-0.2, 0) is 4.74 Å². The van der Waals surface area contributed by atoms with E-state index < -0.39 is 0 Å². The van der Waals surface area contributed by atoms with E-state index in [1.165, 1.54) is 0 Å². The molecule has 0 spiro atoms. The van der Waals surface area contributed by atoms with Gasteiger partial charge in [0, 0.05) is 26.3 Å². The molecule has 0 saturated carbocycles. The summed E-state index contributed by atoms with van der Waals surface area (Å²) in [6.45, 7) is 2.95. The van der Waals surface area contributed by atoms with Gasteiger partial charge in [0.15, 0.2) is 5.82 Å². The summed E-state index contributed by atoms with van der Waals surface area (Å²) >= 11 is 0. The number of ether oxygens (including phenoxy) is 1. The zero-order chi connectivity index (χ0) is 11.1. The second-order valence-electron chi connectivity index (χ2n) is 3.05. The van der Waals surface area contributed by atoms with E-state index in [2.05, 4.69) is 15.8 Å². The number of aryl methyl sites for hydroxylation is 1. The lowest BCUT2D eigenvalue weighted by molar-refractivity contribution is 0.194. The molecule has 0 aliphatic carbocycles. The largest absolute Gasteiger partial charge is 0.385 e. The second kappa shape index (κ2) is 6.02. The van der Waals surface area contributed by atoms with Crippen LogP contribution < -0.4 is 10.6 Å². The highest BCUT2D eigenvalue weighted by Crippen LogP contribution is 2.06. The second-order valence-corrected chi connectivity index (χ2v) is 3.05. The van der Waals surface area contributed by atoms with Gasteiger partial charge >= 0.3 is 6.03 Å². The Morgan fingerprint density at radius 3 is 3.07 bits per heavy atom. The smallest absolute Gasteiger partial charge is 0.320 e. The van der Waals surface area contributed by atoms with Gasteiger partial charge < -0.3 is 14.6 Å². The molecule has 15 heavy (non-hydrogen) atoms. The van der Waals surface area contributed by atoms with Gasteiger partial charge in [-0.3, -0.25) is 5.32 Å². The van der Waals surface area contributed by atoms with Crippen molar-refractivity contribution in [2.24, 2.45) is 0 Å². The van der Waals surface area contributed by atoms with Crippen LogP contribution in [0.15, 0.2) is 10.6 Å². The van der Waals surface area contributed by atoms with Gasteiger partial charge in [-0.05, 0) is 13.3 Å². The summed E-state index contributed by atoms with van der Waals surface area (Å²) < 4.78 is 9.64. The van der Waals surface area contributed by atoms with Crippen LogP contribution in [0.5, 0.6) is 0 Å². The molecule has 6 heteroatoms. The number of rotatable bonds is 5. The summed E-state index contributed by atoms with van der Waals surface area (Å²) in [5.41, 5.74) is 0.